The molecule has 0 spiro atoms. The Balaban J connectivity index is 1.28. The lowest BCUT2D eigenvalue weighted by Gasteiger charge is -2.72. The molecule has 1 atom stereocenters. The lowest BCUT2D eigenvalue weighted by molar-refractivity contribution is -0.355. The molecule has 2 amide bonds. The van der Waals surface area contributed by atoms with Gasteiger partial charge in [0, 0.05) is 5.92 Å². The molecule has 24 heavy (non-hydrogen) atoms. The molecule has 1 unspecified atom stereocenters. The third kappa shape index (κ3) is 2.38. The summed E-state index contributed by atoms with van der Waals surface area (Å²) in [5.41, 5.74) is -0.772. The molecule has 2 bridgehead atoms. The second-order valence-corrected chi connectivity index (χ2v) is 7.42. The molecule has 1 saturated heterocycles. The highest BCUT2D eigenvalue weighted by Crippen LogP contribution is 2.64. The first-order valence-electron chi connectivity index (χ1n) is 7.84. The standard InChI is InChI=1S/C14H17F3N2O5/c15-14(16,17)24-8-1-7(2-8)9-3-19(11(22)23-9)13-4-12(5-13,6-13)18-10(20)21/h7-9,18H,1-6H2,(H,20,21)/t7-,8+,9?,12?,13?. The van der Waals surface area contributed by atoms with Gasteiger partial charge in [0.2, 0.25) is 0 Å². The molecule has 2 N–H and O–H groups in total. The maximum atomic E-state index is 12.1. The number of hydrogen-bond acceptors (Lipinski definition) is 4. The summed E-state index contributed by atoms with van der Waals surface area (Å²) in [6, 6.07) is 0. The fourth-order valence-electron chi connectivity index (χ4n) is 4.69. The summed E-state index contributed by atoms with van der Waals surface area (Å²) in [6.07, 6.45) is -5.28. The lowest BCUT2D eigenvalue weighted by Crippen LogP contribution is -2.83. The molecule has 0 aromatic heterocycles. The number of cyclic esters (lactones) is 1. The minimum absolute atomic E-state index is 0.121. The van der Waals surface area contributed by atoms with Crippen molar-refractivity contribution in [1.29, 1.82) is 0 Å². The Bertz CT molecular complexity index is 570. The van der Waals surface area contributed by atoms with Crippen molar-refractivity contribution in [3.05, 3.63) is 0 Å². The number of rotatable bonds is 4. The Labute approximate surface area is 135 Å². The first-order chi connectivity index (χ1) is 11.1. The normalized spacial score (nSPS) is 43.4. The van der Waals surface area contributed by atoms with Crippen LogP contribution in [0.3, 0.4) is 0 Å². The molecule has 7 nitrogen and oxygen atoms in total. The summed E-state index contributed by atoms with van der Waals surface area (Å²) in [5.74, 6) is -0.121. The monoisotopic (exact) mass is 350 g/mol. The van der Waals surface area contributed by atoms with Crippen LogP contribution in [0.2, 0.25) is 0 Å². The van der Waals surface area contributed by atoms with Crippen LogP contribution in [0.15, 0.2) is 0 Å². The number of ether oxygens (including phenoxy) is 2. The van der Waals surface area contributed by atoms with Crippen LogP contribution < -0.4 is 5.32 Å². The summed E-state index contributed by atoms with van der Waals surface area (Å²) in [4.78, 5) is 24.4. The number of alkyl halides is 3. The molecule has 0 radical (unpaired) electrons. The molecule has 134 valence electrons. The van der Waals surface area contributed by atoms with E-state index in [2.05, 4.69) is 10.1 Å². The molecule has 1 aliphatic heterocycles. The lowest BCUT2D eigenvalue weighted by atomic mass is 9.43. The van der Waals surface area contributed by atoms with Crippen molar-refractivity contribution in [2.24, 2.45) is 5.92 Å². The van der Waals surface area contributed by atoms with E-state index >= 15 is 0 Å². The van der Waals surface area contributed by atoms with Gasteiger partial charge in [-0.25, -0.2) is 9.59 Å². The van der Waals surface area contributed by atoms with Crippen LogP contribution in [0, 0.1) is 5.92 Å². The molecule has 5 aliphatic rings. The van der Waals surface area contributed by atoms with E-state index in [0.29, 0.717) is 25.8 Å². The third-order valence-electron chi connectivity index (χ3n) is 5.74. The maximum absolute atomic E-state index is 12.1. The van der Waals surface area contributed by atoms with Gasteiger partial charge in [-0.3, -0.25) is 9.64 Å². The van der Waals surface area contributed by atoms with Crippen molar-refractivity contribution < 1.29 is 37.3 Å². The van der Waals surface area contributed by atoms with Crippen LogP contribution >= 0.6 is 0 Å². The number of halogens is 3. The summed E-state index contributed by atoms with van der Waals surface area (Å²) >= 11 is 0. The molecule has 0 aromatic carbocycles. The zero-order chi connectivity index (χ0) is 17.3. The molecular formula is C14H17F3N2O5. The van der Waals surface area contributed by atoms with Gasteiger partial charge in [0.25, 0.3) is 0 Å². The summed E-state index contributed by atoms with van der Waals surface area (Å²) in [6.45, 7) is 0.353. The number of carbonyl (C=O) groups is 2. The third-order valence-corrected chi connectivity index (χ3v) is 5.74. The van der Waals surface area contributed by atoms with Crippen molar-refractivity contribution in [3.8, 4) is 0 Å². The smallest absolute Gasteiger partial charge is 0.465 e. The van der Waals surface area contributed by atoms with Crippen molar-refractivity contribution in [1.82, 2.24) is 10.2 Å². The number of amides is 2. The average molecular weight is 350 g/mol. The minimum atomic E-state index is -4.63. The predicted octanol–water partition coefficient (Wildman–Crippen LogP) is 2.06. The maximum Gasteiger partial charge on any atom is 0.522 e. The number of nitrogens with zero attached hydrogens (tertiary/aromatic N) is 1. The predicted molar refractivity (Wildman–Crippen MR) is 71.1 cm³/mol. The Kier molecular flexibility index (Phi) is 3.08. The first-order valence-corrected chi connectivity index (χ1v) is 7.84. The van der Waals surface area contributed by atoms with E-state index in [9.17, 15) is 22.8 Å². The zero-order valence-corrected chi connectivity index (χ0v) is 12.6. The van der Waals surface area contributed by atoms with Crippen LogP contribution in [-0.2, 0) is 9.47 Å². The Morgan fingerprint density at radius 3 is 2.50 bits per heavy atom. The van der Waals surface area contributed by atoms with Crippen LogP contribution in [0.25, 0.3) is 0 Å². The summed E-state index contributed by atoms with van der Waals surface area (Å²) < 4.78 is 45.7. The van der Waals surface area contributed by atoms with Gasteiger partial charge in [-0.2, -0.15) is 0 Å². The number of carbonyl (C=O) groups excluding carboxylic acids is 1. The van der Waals surface area contributed by atoms with Crippen LogP contribution in [0.4, 0.5) is 22.8 Å². The van der Waals surface area contributed by atoms with E-state index in [1.165, 1.54) is 0 Å². The van der Waals surface area contributed by atoms with Crippen molar-refractivity contribution in [3.63, 3.8) is 0 Å². The van der Waals surface area contributed by atoms with Crippen molar-refractivity contribution >= 4 is 12.2 Å². The molecule has 1 heterocycles. The highest BCUT2D eigenvalue weighted by Gasteiger charge is 2.73. The minimum Gasteiger partial charge on any atom is -0.465 e. The Hall–Kier alpha value is -1.71. The fraction of sp³-hybridized carbons (Fsp3) is 0.857. The van der Waals surface area contributed by atoms with Gasteiger partial charge in [0.1, 0.15) is 6.10 Å². The average Bonchev–Trinajstić information content (AvgIpc) is 2.66. The van der Waals surface area contributed by atoms with Gasteiger partial charge in [-0.15, -0.1) is 13.2 Å². The molecule has 5 rings (SSSR count). The van der Waals surface area contributed by atoms with E-state index in [-0.39, 0.29) is 24.3 Å². The zero-order valence-electron chi connectivity index (χ0n) is 12.6. The second-order valence-electron chi connectivity index (χ2n) is 7.42. The van der Waals surface area contributed by atoms with E-state index < -0.39 is 36.3 Å². The quantitative estimate of drug-likeness (QED) is 0.810. The van der Waals surface area contributed by atoms with E-state index in [0.717, 1.165) is 0 Å². The van der Waals surface area contributed by atoms with Gasteiger partial charge in [-0.1, -0.05) is 0 Å². The summed E-state index contributed by atoms with van der Waals surface area (Å²) in [7, 11) is 0. The largest absolute Gasteiger partial charge is 0.522 e. The molecular weight excluding hydrogens is 333 g/mol. The molecule has 0 aromatic rings. The Morgan fingerprint density at radius 2 is 1.96 bits per heavy atom. The van der Waals surface area contributed by atoms with Gasteiger partial charge in [0.05, 0.1) is 23.7 Å². The molecule has 5 fully saturated rings. The van der Waals surface area contributed by atoms with E-state index in [4.69, 9.17) is 9.84 Å². The highest BCUT2D eigenvalue weighted by atomic mass is 19.4. The number of nitrogens with one attached hydrogen (secondary N) is 1. The van der Waals surface area contributed by atoms with Crippen LogP contribution in [-0.4, -0.2) is 58.4 Å². The molecule has 10 heteroatoms. The molecule has 4 saturated carbocycles. The first kappa shape index (κ1) is 15.8. The van der Waals surface area contributed by atoms with Crippen LogP contribution in [0.1, 0.15) is 32.1 Å². The van der Waals surface area contributed by atoms with Gasteiger partial charge >= 0.3 is 18.5 Å². The number of hydrogen-bond donors (Lipinski definition) is 2. The Morgan fingerprint density at radius 1 is 1.33 bits per heavy atom. The topological polar surface area (TPSA) is 88.1 Å². The summed E-state index contributed by atoms with van der Waals surface area (Å²) in [5, 5.41) is 11.3. The second kappa shape index (κ2) is 4.68. The van der Waals surface area contributed by atoms with Gasteiger partial charge < -0.3 is 15.2 Å². The fourth-order valence-corrected chi connectivity index (χ4v) is 4.69. The van der Waals surface area contributed by atoms with Gasteiger partial charge in [-0.05, 0) is 32.1 Å². The van der Waals surface area contributed by atoms with Crippen LogP contribution in [0.5, 0.6) is 0 Å². The molecule has 4 aliphatic carbocycles. The van der Waals surface area contributed by atoms with Gasteiger partial charge in [0.15, 0.2) is 0 Å². The highest BCUT2D eigenvalue weighted by molar-refractivity contribution is 5.73. The number of carboxylic acid groups (broad SMARTS) is 1. The van der Waals surface area contributed by atoms with Crippen molar-refractivity contribution in [2.45, 2.75) is 61.8 Å². The van der Waals surface area contributed by atoms with E-state index in [1.807, 2.05) is 0 Å². The SMILES string of the molecule is O=C(O)NC12CC(N3CC([C@H]4C[C@@H](OC(F)(F)F)C4)OC3=O)(C1)C2. The van der Waals surface area contributed by atoms with Crippen molar-refractivity contribution in [2.75, 3.05) is 6.54 Å². The van der Waals surface area contributed by atoms with E-state index in [1.54, 1.807) is 4.90 Å².